The summed E-state index contributed by atoms with van der Waals surface area (Å²) in [6.07, 6.45) is -4.90. The van der Waals surface area contributed by atoms with E-state index >= 15 is 0 Å². The Morgan fingerprint density at radius 3 is 1.86 bits per heavy atom. The maximum Gasteiger partial charge on any atom is 0.573 e. The minimum Gasteiger partial charge on any atom is -0.406 e. The van der Waals surface area contributed by atoms with Crippen LogP contribution in [0.25, 0.3) is 11.1 Å². The van der Waals surface area contributed by atoms with Gasteiger partial charge in [-0.05, 0) is 23.8 Å². The highest BCUT2D eigenvalue weighted by atomic mass is 19.4. The quantitative estimate of drug-likeness (QED) is 0.439. The van der Waals surface area contributed by atoms with Crippen molar-refractivity contribution in [1.29, 1.82) is 0 Å². The van der Waals surface area contributed by atoms with Gasteiger partial charge in [0, 0.05) is 5.56 Å². The first-order valence-electron chi connectivity index (χ1n) is 5.38. The average Bonchev–Trinajstić information content (AvgIpc) is 2.40. The highest BCUT2D eigenvalue weighted by Gasteiger charge is 2.31. The summed E-state index contributed by atoms with van der Waals surface area (Å²) in [5.74, 6) is -7.80. The third-order valence-electron chi connectivity index (χ3n) is 2.50. The third-order valence-corrected chi connectivity index (χ3v) is 2.50. The summed E-state index contributed by atoms with van der Waals surface area (Å²) in [6, 6.07) is 3.99. The highest BCUT2D eigenvalue weighted by molar-refractivity contribution is 5.65. The first kappa shape index (κ1) is 15.1. The van der Waals surface area contributed by atoms with Gasteiger partial charge >= 0.3 is 6.36 Å². The summed E-state index contributed by atoms with van der Waals surface area (Å²) >= 11 is 0. The van der Waals surface area contributed by atoms with Crippen LogP contribution in [0.5, 0.6) is 5.75 Å². The van der Waals surface area contributed by atoms with Crippen LogP contribution >= 0.6 is 0 Å². The second-order valence-electron chi connectivity index (χ2n) is 3.92. The molecular formula is C13H5F7O. The molecule has 0 aliphatic rings. The smallest absolute Gasteiger partial charge is 0.406 e. The van der Waals surface area contributed by atoms with Crippen LogP contribution in [-0.2, 0) is 0 Å². The molecule has 0 spiro atoms. The molecule has 0 radical (unpaired) electrons. The van der Waals surface area contributed by atoms with Crippen molar-refractivity contribution in [3.8, 4) is 16.9 Å². The molecule has 0 aliphatic carbocycles. The maximum absolute atomic E-state index is 13.5. The maximum atomic E-state index is 13.5. The number of hydrogen-bond donors (Lipinski definition) is 0. The standard InChI is InChI=1S/C13H5F7O/c14-9-5-8(10(15)12(17)11(9)16)6-1-3-7(4-2-6)21-13(18,19)20/h1-5H. The summed E-state index contributed by atoms with van der Waals surface area (Å²) in [5.41, 5.74) is -0.759. The highest BCUT2D eigenvalue weighted by Crippen LogP contribution is 2.30. The Labute approximate surface area is 113 Å². The van der Waals surface area contributed by atoms with Crippen molar-refractivity contribution in [2.75, 3.05) is 0 Å². The van der Waals surface area contributed by atoms with E-state index < -0.39 is 40.9 Å². The summed E-state index contributed by atoms with van der Waals surface area (Å²) in [6.45, 7) is 0. The van der Waals surface area contributed by atoms with Crippen LogP contribution in [0.2, 0.25) is 0 Å². The largest absolute Gasteiger partial charge is 0.573 e. The van der Waals surface area contributed by atoms with Crippen LogP contribution in [-0.4, -0.2) is 6.36 Å². The fourth-order valence-electron chi connectivity index (χ4n) is 1.62. The number of hydrogen-bond acceptors (Lipinski definition) is 1. The molecule has 0 saturated carbocycles. The molecule has 0 bridgehead atoms. The van der Waals surface area contributed by atoms with Crippen LogP contribution in [0.15, 0.2) is 30.3 Å². The van der Waals surface area contributed by atoms with Gasteiger partial charge in [0.1, 0.15) is 5.75 Å². The number of rotatable bonds is 2. The number of alkyl halides is 3. The van der Waals surface area contributed by atoms with Gasteiger partial charge in [-0.2, -0.15) is 0 Å². The molecule has 0 atom stereocenters. The van der Waals surface area contributed by atoms with Crippen molar-refractivity contribution < 1.29 is 35.5 Å². The van der Waals surface area contributed by atoms with E-state index in [1.165, 1.54) is 0 Å². The molecule has 0 unspecified atom stereocenters. The van der Waals surface area contributed by atoms with E-state index in [0.717, 1.165) is 24.3 Å². The molecule has 21 heavy (non-hydrogen) atoms. The van der Waals surface area contributed by atoms with Crippen molar-refractivity contribution in [2.45, 2.75) is 6.36 Å². The molecule has 0 aromatic heterocycles. The van der Waals surface area contributed by atoms with E-state index in [0.29, 0.717) is 6.07 Å². The summed E-state index contributed by atoms with van der Waals surface area (Å²) in [7, 11) is 0. The predicted octanol–water partition coefficient (Wildman–Crippen LogP) is 4.81. The second-order valence-corrected chi connectivity index (χ2v) is 3.92. The fourth-order valence-corrected chi connectivity index (χ4v) is 1.62. The van der Waals surface area contributed by atoms with Gasteiger partial charge in [-0.25, -0.2) is 17.6 Å². The van der Waals surface area contributed by atoms with Gasteiger partial charge in [-0.1, -0.05) is 12.1 Å². The molecule has 0 amide bonds. The zero-order valence-electron chi connectivity index (χ0n) is 9.94. The molecule has 1 nitrogen and oxygen atoms in total. The second kappa shape index (κ2) is 5.27. The Balaban J connectivity index is 2.40. The fraction of sp³-hybridized carbons (Fsp3) is 0.0769. The van der Waals surface area contributed by atoms with E-state index in [1.807, 2.05) is 0 Å². The van der Waals surface area contributed by atoms with Crippen molar-refractivity contribution in [2.24, 2.45) is 0 Å². The Morgan fingerprint density at radius 1 is 0.762 bits per heavy atom. The van der Waals surface area contributed by atoms with Gasteiger partial charge in [0.2, 0.25) is 0 Å². The molecule has 8 heteroatoms. The molecule has 112 valence electrons. The average molecular weight is 310 g/mol. The molecule has 2 aromatic carbocycles. The third kappa shape index (κ3) is 3.26. The SMILES string of the molecule is Fc1cc(-c2ccc(OC(F)(F)F)cc2)c(F)c(F)c1F. The van der Waals surface area contributed by atoms with E-state index in [1.54, 1.807) is 0 Å². The lowest BCUT2D eigenvalue weighted by atomic mass is 10.0. The molecule has 0 N–H and O–H groups in total. The Morgan fingerprint density at radius 2 is 1.33 bits per heavy atom. The van der Waals surface area contributed by atoms with Gasteiger partial charge in [0.15, 0.2) is 23.3 Å². The van der Waals surface area contributed by atoms with E-state index in [9.17, 15) is 30.7 Å². The summed E-state index contributed by atoms with van der Waals surface area (Å²) < 4.78 is 91.9. The lowest BCUT2D eigenvalue weighted by molar-refractivity contribution is -0.274. The number of benzene rings is 2. The Kier molecular flexibility index (Phi) is 3.80. The van der Waals surface area contributed by atoms with Crippen molar-refractivity contribution in [3.63, 3.8) is 0 Å². The van der Waals surface area contributed by atoms with Crippen molar-refractivity contribution in [1.82, 2.24) is 0 Å². The summed E-state index contributed by atoms with van der Waals surface area (Å²) in [4.78, 5) is 0. The van der Waals surface area contributed by atoms with Crippen LogP contribution < -0.4 is 4.74 Å². The van der Waals surface area contributed by atoms with Crippen LogP contribution in [0, 0.1) is 23.3 Å². The van der Waals surface area contributed by atoms with Gasteiger partial charge in [-0.3, -0.25) is 0 Å². The normalized spacial score (nSPS) is 11.6. The minimum atomic E-state index is -4.90. The van der Waals surface area contributed by atoms with Crippen LogP contribution in [0.4, 0.5) is 30.7 Å². The molecule has 0 heterocycles. The summed E-state index contributed by atoms with van der Waals surface area (Å²) in [5, 5.41) is 0. The zero-order chi connectivity index (χ0) is 15.8. The zero-order valence-corrected chi connectivity index (χ0v) is 9.94. The lowest BCUT2D eigenvalue weighted by Gasteiger charge is -2.10. The first-order valence-corrected chi connectivity index (χ1v) is 5.38. The van der Waals surface area contributed by atoms with Crippen LogP contribution in [0.3, 0.4) is 0 Å². The molecular weight excluding hydrogens is 305 g/mol. The molecule has 2 aromatic rings. The monoisotopic (exact) mass is 310 g/mol. The Hall–Kier alpha value is -2.25. The predicted molar refractivity (Wildman–Crippen MR) is 58.4 cm³/mol. The number of halogens is 7. The van der Waals surface area contributed by atoms with Crippen molar-refractivity contribution >= 4 is 0 Å². The van der Waals surface area contributed by atoms with Gasteiger partial charge in [0.05, 0.1) is 0 Å². The van der Waals surface area contributed by atoms with Crippen molar-refractivity contribution in [3.05, 3.63) is 53.6 Å². The lowest BCUT2D eigenvalue weighted by Crippen LogP contribution is -2.16. The van der Waals surface area contributed by atoms with Gasteiger partial charge < -0.3 is 4.74 Å². The van der Waals surface area contributed by atoms with Gasteiger partial charge in [0.25, 0.3) is 0 Å². The topological polar surface area (TPSA) is 9.23 Å². The molecule has 0 saturated heterocycles. The van der Waals surface area contributed by atoms with E-state index in [4.69, 9.17) is 0 Å². The molecule has 2 rings (SSSR count). The van der Waals surface area contributed by atoms with Crippen LogP contribution in [0.1, 0.15) is 0 Å². The number of ether oxygens (including phenoxy) is 1. The van der Waals surface area contributed by atoms with Gasteiger partial charge in [-0.15, -0.1) is 13.2 Å². The van der Waals surface area contributed by atoms with E-state index in [2.05, 4.69) is 4.74 Å². The molecule has 0 aliphatic heterocycles. The minimum absolute atomic E-state index is 0.139. The Bertz CT molecular complexity index is 662. The molecule has 0 fully saturated rings. The van der Waals surface area contributed by atoms with E-state index in [-0.39, 0.29) is 5.56 Å². The first-order chi connectivity index (χ1) is 9.69.